The second kappa shape index (κ2) is 8.21. The summed E-state index contributed by atoms with van der Waals surface area (Å²) in [4.78, 5) is 18.6. The SMILES string of the molecule is Cc1cc(C)cc(NC(=O)N2CCC(COc3ccnc(C)c3)CC2)c1. The molecule has 3 rings (SSSR count). The number of hydrogen-bond donors (Lipinski definition) is 1. The predicted molar refractivity (Wildman–Crippen MR) is 104 cm³/mol. The molecule has 0 unspecified atom stereocenters. The zero-order valence-corrected chi connectivity index (χ0v) is 15.8. The maximum absolute atomic E-state index is 12.5. The number of nitrogens with zero attached hydrogens (tertiary/aromatic N) is 2. The maximum atomic E-state index is 12.5. The van der Waals surface area contributed by atoms with Gasteiger partial charge in [0.25, 0.3) is 0 Å². The molecule has 138 valence electrons. The first-order chi connectivity index (χ1) is 12.5. The van der Waals surface area contributed by atoms with Crippen molar-refractivity contribution in [2.24, 2.45) is 5.92 Å². The highest BCUT2D eigenvalue weighted by atomic mass is 16.5. The van der Waals surface area contributed by atoms with E-state index in [1.165, 1.54) is 0 Å². The van der Waals surface area contributed by atoms with Gasteiger partial charge in [0, 0.05) is 36.7 Å². The number of rotatable bonds is 4. The van der Waals surface area contributed by atoms with Crippen LogP contribution in [0.25, 0.3) is 0 Å². The zero-order valence-electron chi connectivity index (χ0n) is 15.8. The van der Waals surface area contributed by atoms with Gasteiger partial charge in [0.05, 0.1) is 6.61 Å². The van der Waals surface area contributed by atoms with E-state index in [-0.39, 0.29) is 6.03 Å². The third-order valence-electron chi connectivity index (χ3n) is 4.73. The number of hydrogen-bond acceptors (Lipinski definition) is 3. The van der Waals surface area contributed by atoms with Crippen LogP contribution in [0.15, 0.2) is 36.5 Å². The smallest absolute Gasteiger partial charge is 0.321 e. The van der Waals surface area contributed by atoms with Crippen molar-refractivity contribution >= 4 is 11.7 Å². The number of aromatic nitrogens is 1. The topological polar surface area (TPSA) is 54.5 Å². The fraction of sp³-hybridized carbons (Fsp3) is 0.429. The van der Waals surface area contributed by atoms with Crippen molar-refractivity contribution in [3.05, 3.63) is 53.3 Å². The molecule has 1 aliphatic heterocycles. The number of anilines is 1. The number of piperidine rings is 1. The van der Waals surface area contributed by atoms with Crippen molar-refractivity contribution in [1.29, 1.82) is 0 Å². The molecule has 26 heavy (non-hydrogen) atoms. The van der Waals surface area contributed by atoms with Crippen molar-refractivity contribution in [3.8, 4) is 5.75 Å². The largest absolute Gasteiger partial charge is 0.493 e. The average Bonchev–Trinajstić information content (AvgIpc) is 2.59. The van der Waals surface area contributed by atoms with Gasteiger partial charge in [0.2, 0.25) is 0 Å². The Hall–Kier alpha value is -2.56. The van der Waals surface area contributed by atoms with Crippen LogP contribution in [-0.4, -0.2) is 35.6 Å². The first-order valence-electron chi connectivity index (χ1n) is 9.19. The summed E-state index contributed by atoms with van der Waals surface area (Å²) < 4.78 is 5.88. The number of amides is 2. The van der Waals surface area contributed by atoms with Crippen LogP contribution >= 0.6 is 0 Å². The van der Waals surface area contributed by atoms with Crippen LogP contribution in [-0.2, 0) is 0 Å². The van der Waals surface area contributed by atoms with Crippen molar-refractivity contribution < 1.29 is 9.53 Å². The van der Waals surface area contributed by atoms with Gasteiger partial charge in [-0.3, -0.25) is 4.98 Å². The summed E-state index contributed by atoms with van der Waals surface area (Å²) in [5, 5.41) is 3.02. The lowest BCUT2D eigenvalue weighted by molar-refractivity contribution is 0.152. The number of aryl methyl sites for hydroxylation is 3. The van der Waals surface area contributed by atoms with Crippen molar-refractivity contribution in [2.45, 2.75) is 33.6 Å². The summed E-state index contributed by atoms with van der Waals surface area (Å²) >= 11 is 0. The normalized spacial score (nSPS) is 15.0. The van der Waals surface area contributed by atoms with Crippen LogP contribution in [0.2, 0.25) is 0 Å². The number of carbonyl (C=O) groups excluding carboxylic acids is 1. The van der Waals surface area contributed by atoms with E-state index >= 15 is 0 Å². The van der Waals surface area contributed by atoms with Gasteiger partial charge in [0.15, 0.2) is 0 Å². The molecule has 1 aromatic carbocycles. The lowest BCUT2D eigenvalue weighted by Gasteiger charge is -2.32. The van der Waals surface area contributed by atoms with Gasteiger partial charge in [0.1, 0.15) is 5.75 Å². The Kier molecular flexibility index (Phi) is 5.76. The zero-order chi connectivity index (χ0) is 18.5. The molecule has 0 aliphatic carbocycles. The van der Waals surface area contributed by atoms with Gasteiger partial charge >= 0.3 is 6.03 Å². The second-order valence-corrected chi connectivity index (χ2v) is 7.18. The standard InChI is InChI=1S/C21H27N3O2/c1-15-10-16(2)12-19(11-15)23-21(25)24-8-5-18(6-9-24)14-26-20-4-7-22-17(3)13-20/h4,7,10-13,18H,5-6,8-9,14H2,1-3H3,(H,23,25). The maximum Gasteiger partial charge on any atom is 0.321 e. The predicted octanol–water partition coefficient (Wildman–Crippen LogP) is 4.33. The highest BCUT2D eigenvalue weighted by Gasteiger charge is 2.23. The van der Waals surface area contributed by atoms with E-state index in [0.717, 1.165) is 54.2 Å². The summed E-state index contributed by atoms with van der Waals surface area (Å²) in [6, 6.07) is 9.93. The molecular weight excluding hydrogens is 326 g/mol. The van der Waals surface area contributed by atoms with Gasteiger partial charge in [-0.2, -0.15) is 0 Å². The fourth-order valence-electron chi connectivity index (χ4n) is 3.38. The van der Waals surface area contributed by atoms with E-state index in [1.54, 1.807) is 6.20 Å². The average molecular weight is 353 g/mol. The van der Waals surface area contributed by atoms with Crippen LogP contribution in [0.1, 0.15) is 29.7 Å². The first-order valence-corrected chi connectivity index (χ1v) is 9.19. The van der Waals surface area contributed by atoms with E-state index in [4.69, 9.17) is 4.74 Å². The monoisotopic (exact) mass is 353 g/mol. The number of nitrogens with one attached hydrogen (secondary N) is 1. The second-order valence-electron chi connectivity index (χ2n) is 7.18. The van der Waals surface area contributed by atoms with E-state index in [0.29, 0.717) is 12.5 Å². The first kappa shape index (κ1) is 18.2. The molecule has 5 heteroatoms. The Balaban J connectivity index is 1.46. The number of ether oxygens (including phenoxy) is 1. The molecule has 1 aliphatic rings. The molecule has 1 fully saturated rings. The minimum atomic E-state index is -0.0147. The number of benzene rings is 1. The van der Waals surface area contributed by atoms with Crippen LogP contribution in [0.4, 0.5) is 10.5 Å². The van der Waals surface area contributed by atoms with E-state index < -0.39 is 0 Å². The number of carbonyl (C=O) groups is 1. The minimum Gasteiger partial charge on any atom is -0.493 e. The minimum absolute atomic E-state index is 0.0147. The van der Waals surface area contributed by atoms with Gasteiger partial charge in [-0.15, -0.1) is 0 Å². The number of pyridine rings is 1. The lowest BCUT2D eigenvalue weighted by atomic mass is 9.98. The summed E-state index contributed by atoms with van der Waals surface area (Å²) in [5.74, 6) is 1.35. The molecule has 0 atom stereocenters. The molecule has 0 radical (unpaired) electrons. The molecule has 2 aromatic rings. The van der Waals surface area contributed by atoms with Crippen molar-refractivity contribution in [2.75, 3.05) is 25.0 Å². The molecule has 5 nitrogen and oxygen atoms in total. The van der Waals surface area contributed by atoms with E-state index in [1.807, 2.05) is 49.9 Å². The summed E-state index contributed by atoms with van der Waals surface area (Å²) in [5.41, 5.74) is 4.14. The molecule has 2 heterocycles. The van der Waals surface area contributed by atoms with Crippen LogP contribution in [0.5, 0.6) is 5.75 Å². The molecule has 1 aromatic heterocycles. The Labute approximate surface area is 155 Å². The van der Waals surface area contributed by atoms with Gasteiger partial charge in [-0.1, -0.05) is 6.07 Å². The number of urea groups is 1. The summed E-state index contributed by atoms with van der Waals surface area (Å²) in [6.45, 7) is 8.26. The van der Waals surface area contributed by atoms with Gasteiger partial charge in [-0.05, 0) is 68.9 Å². The third kappa shape index (κ3) is 4.97. The lowest BCUT2D eigenvalue weighted by Crippen LogP contribution is -2.42. The fourth-order valence-corrected chi connectivity index (χ4v) is 3.38. The van der Waals surface area contributed by atoms with Crippen LogP contribution < -0.4 is 10.1 Å². The molecule has 0 spiro atoms. The number of likely N-dealkylation sites (tertiary alicyclic amines) is 1. The Morgan fingerprint density at radius 1 is 1.15 bits per heavy atom. The molecule has 2 amide bonds. The van der Waals surface area contributed by atoms with Gasteiger partial charge in [-0.25, -0.2) is 4.79 Å². The molecule has 1 N–H and O–H groups in total. The molecular formula is C21H27N3O2. The summed E-state index contributed by atoms with van der Waals surface area (Å²) in [6.07, 6.45) is 3.69. The van der Waals surface area contributed by atoms with Gasteiger partial charge < -0.3 is 15.0 Å². The van der Waals surface area contributed by atoms with Crippen molar-refractivity contribution in [1.82, 2.24) is 9.88 Å². The van der Waals surface area contributed by atoms with E-state index in [2.05, 4.69) is 16.4 Å². The van der Waals surface area contributed by atoms with Crippen molar-refractivity contribution in [3.63, 3.8) is 0 Å². The summed E-state index contributed by atoms with van der Waals surface area (Å²) in [7, 11) is 0. The Morgan fingerprint density at radius 3 is 2.50 bits per heavy atom. The van der Waals surface area contributed by atoms with Crippen LogP contribution in [0.3, 0.4) is 0 Å². The van der Waals surface area contributed by atoms with Crippen LogP contribution in [0, 0.1) is 26.7 Å². The molecule has 0 saturated carbocycles. The Morgan fingerprint density at radius 2 is 1.85 bits per heavy atom. The molecule has 0 bridgehead atoms. The third-order valence-corrected chi connectivity index (χ3v) is 4.73. The quantitative estimate of drug-likeness (QED) is 0.890. The molecule has 1 saturated heterocycles. The highest BCUT2D eigenvalue weighted by molar-refractivity contribution is 5.89. The highest BCUT2D eigenvalue weighted by Crippen LogP contribution is 2.21. The van der Waals surface area contributed by atoms with E-state index in [9.17, 15) is 4.79 Å². The Bertz CT molecular complexity index is 747.